The highest BCUT2D eigenvalue weighted by Gasteiger charge is 2.14. The third-order valence-corrected chi connectivity index (χ3v) is 4.59. The highest BCUT2D eigenvalue weighted by atomic mass is 32.1. The van der Waals surface area contributed by atoms with E-state index in [-0.39, 0.29) is 5.91 Å². The van der Waals surface area contributed by atoms with E-state index in [1.54, 1.807) is 10.7 Å². The van der Waals surface area contributed by atoms with E-state index in [0.717, 1.165) is 21.5 Å². The van der Waals surface area contributed by atoms with Crippen LogP contribution in [0.25, 0.3) is 10.2 Å². The van der Waals surface area contributed by atoms with Gasteiger partial charge < -0.3 is 0 Å². The number of hydrogen-bond acceptors (Lipinski definition) is 4. The minimum absolute atomic E-state index is 0.230. The Morgan fingerprint density at radius 1 is 1.29 bits per heavy atom. The Morgan fingerprint density at radius 2 is 2.05 bits per heavy atom. The van der Waals surface area contributed by atoms with Crippen molar-refractivity contribution in [3.63, 3.8) is 0 Å². The van der Waals surface area contributed by atoms with Crippen LogP contribution >= 0.6 is 11.3 Å². The molecule has 21 heavy (non-hydrogen) atoms. The van der Waals surface area contributed by atoms with Crippen molar-refractivity contribution in [1.82, 2.24) is 14.8 Å². The number of carbonyl (C=O) groups excluding carboxylic acids is 1. The van der Waals surface area contributed by atoms with E-state index in [1.165, 1.54) is 16.9 Å². The quantitative estimate of drug-likeness (QED) is 0.790. The lowest BCUT2D eigenvalue weighted by molar-refractivity contribution is 0.102. The fourth-order valence-corrected chi connectivity index (χ4v) is 3.03. The van der Waals surface area contributed by atoms with Crippen molar-refractivity contribution in [2.45, 2.75) is 20.8 Å². The van der Waals surface area contributed by atoms with E-state index >= 15 is 0 Å². The van der Waals surface area contributed by atoms with Gasteiger partial charge in [-0.25, -0.2) is 4.98 Å². The van der Waals surface area contributed by atoms with Gasteiger partial charge in [0, 0.05) is 12.7 Å². The maximum absolute atomic E-state index is 12.2. The van der Waals surface area contributed by atoms with Gasteiger partial charge in [0.25, 0.3) is 5.91 Å². The summed E-state index contributed by atoms with van der Waals surface area (Å²) in [5, 5.41) is 7.60. The molecule has 3 rings (SSSR count). The number of carbonyl (C=O) groups is 1. The zero-order valence-electron chi connectivity index (χ0n) is 12.4. The SMILES string of the molecule is Cc1ccc2sc(NC(=O)c3cc(C)n(C)n3)nc2c1C. The molecule has 1 aromatic carbocycles. The number of aryl methyl sites for hydroxylation is 4. The molecule has 0 fully saturated rings. The van der Waals surface area contributed by atoms with Crippen LogP contribution in [0.1, 0.15) is 27.3 Å². The van der Waals surface area contributed by atoms with Crippen LogP contribution < -0.4 is 5.32 Å². The second-order valence-electron chi connectivity index (χ2n) is 5.12. The molecule has 0 aliphatic rings. The minimum atomic E-state index is -0.230. The molecular weight excluding hydrogens is 284 g/mol. The summed E-state index contributed by atoms with van der Waals surface area (Å²) >= 11 is 1.48. The zero-order chi connectivity index (χ0) is 15.1. The highest BCUT2D eigenvalue weighted by Crippen LogP contribution is 2.29. The van der Waals surface area contributed by atoms with E-state index in [1.807, 2.05) is 27.0 Å². The first-order valence-electron chi connectivity index (χ1n) is 6.64. The number of amides is 1. The summed E-state index contributed by atoms with van der Waals surface area (Å²) in [6.07, 6.45) is 0. The monoisotopic (exact) mass is 300 g/mol. The van der Waals surface area contributed by atoms with Gasteiger partial charge in [-0.15, -0.1) is 0 Å². The number of nitrogens with one attached hydrogen (secondary N) is 1. The van der Waals surface area contributed by atoms with Gasteiger partial charge in [-0.2, -0.15) is 5.10 Å². The molecule has 0 spiro atoms. The standard InChI is InChI=1S/C15H16N4OS/c1-8-5-6-12-13(10(8)3)16-15(21-12)17-14(20)11-7-9(2)19(4)18-11/h5-7H,1-4H3,(H,16,17,20). The van der Waals surface area contributed by atoms with Gasteiger partial charge in [-0.1, -0.05) is 17.4 Å². The van der Waals surface area contributed by atoms with Crippen LogP contribution in [0.5, 0.6) is 0 Å². The molecule has 0 atom stereocenters. The lowest BCUT2D eigenvalue weighted by Gasteiger charge is -1.98. The van der Waals surface area contributed by atoms with Crippen LogP contribution in [0.2, 0.25) is 0 Å². The molecule has 0 saturated carbocycles. The van der Waals surface area contributed by atoms with E-state index in [4.69, 9.17) is 0 Å². The van der Waals surface area contributed by atoms with Crippen LogP contribution in [0.3, 0.4) is 0 Å². The van der Waals surface area contributed by atoms with Crippen molar-refractivity contribution >= 4 is 32.6 Å². The topological polar surface area (TPSA) is 59.8 Å². The van der Waals surface area contributed by atoms with Crippen LogP contribution in [-0.2, 0) is 7.05 Å². The Balaban J connectivity index is 1.91. The lowest BCUT2D eigenvalue weighted by Crippen LogP contribution is -2.12. The predicted molar refractivity (Wildman–Crippen MR) is 85.0 cm³/mol. The van der Waals surface area contributed by atoms with Crippen LogP contribution in [0.15, 0.2) is 18.2 Å². The molecule has 3 aromatic rings. The van der Waals surface area contributed by atoms with Gasteiger partial charge in [0.05, 0.1) is 10.2 Å². The van der Waals surface area contributed by atoms with Crippen LogP contribution in [0.4, 0.5) is 5.13 Å². The number of hydrogen-bond donors (Lipinski definition) is 1. The van der Waals surface area contributed by atoms with E-state index in [2.05, 4.69) is 28.4 Å². The fraction of sp³-hybridized carbons (Fsp3) is 0.267. The molecule has 1 N–H and O–H groups in total. The molecule has 6 heteroatoms. The number of aromatic nitrogens is 3. The van der Waals surface area contributed by atoms with Gasteiger partial charge in [0.1, 0.15) is 0 Å². The van der Waals surface area contributed by atoms with Gasteiger partial charge in [0.2, 0.25) is 0 Å². The number of benzene rings is 1. The Morgan fingerprint density at radius 3 is 2.71 bits per heavy atom. The molecule has 0 aliphatic carbocycles. The first-order valence-corrected chi connectivity index (χ1v) is 7.46. The number of rotatable bonds is 2. The van der Waals surface area contributed by atoms with Crippen molar-refractivity contribution in [1.29, 1.82) is 0 Å². The average molecular weight is 300 g/mol. The Bertz CT molecular complexity index is 827. The predicted octanol–water partition coefficient (Wildman–Crippen LogP) is 3.21. The summed E-state index contributed by atoms with van der Waals surface area (Å²) in [6.45, 7) is 6.02. The third kappa shape index (κ3) is 2.42. The van der Waals surface area contributed by atoms with Gasteiger partial charge in [-0.05, 0) is 44.0 Å². The van der Waals surface area contributed by atoms with E-state index < -0.39 is 0 Å². The largest absolute Gasteiger partial charge is 0.296 e. The highest BCUT2D eigenvalue weighted by molar-refractivity contribution is 7.22. The molecule has 108 valence electrons. The second kappa shape index (κ2) is 4.96. The maximum Gasteiger partial charge on any atom is 0.277 e. The van der Waals surface area contributed by atoms with E-state index in [9.17, 15) is 4.79 Å². The molecule has 1 amide bonds. The normalized spacial score (nSPS) is 11.0. The average Bonchev–Trinajstić information content (AvgIpc) is 2.99. The first-order chi connectivity index (χ1) is 9.95. The maximum atomic E-state index is 12.2. The van der Waals surface area contributed by atoms with Crippen molar-refractivity contribution < 1.29 is 4.79 Å². The smallest absolute Gasteiger partial charge is 0.277 e. The lowest BCUT2D eigenvalue weighted by atomic mass is 10.1. The van der Waals surface area contributed by atoms with Crippen molar-refractivity contribution in [3.05, 3.63) is 40.7 Å². The number of thiazole rings is 1. The van der Waals surface area contributed by atoms with Gasteiger partial charge >= 0.3 is 0 Å². The molecule has 0 unspecified atom stereocenters. The molecule has 5 nitrogen and oxygen atoms in total. The Hall–Kier alpha value is -2.21. The van der Waals surface area contributed by atoms with Crippen molar-refractivity contribution in [2.24, 2.45) is 7.05 Å². The molecule has 0 saturated heterocycles. The minimum Gasteiger partial charge on any atom is -0.296 e. The summed E-state index contributed by atoms with van der Waals surface area (Å²) in [4.78, 5) is 16.7. The number of fused-ring (bicyclic) bond motifs is 1. The summed E-state index contributed by atoms with van der Waals surface area (Å²) < 4.78 is 2.76. The second-order valence-corrected chi connectivity index (χ2v) is 6.15. The number of anilines is 1. The summed E-state index contributed by atoms with van der Waals surface area (Å²) in [5.74, 6) is -0.230. The summed E-state index contributed by atoms with van der Waals surface area (Å²) in [5.41, 5.74) is 4.65. The first kappa shape index (κ1) is 13.8. The molecule has 2 aromatic heterocycles. The summed E-state index contributed by atoms with van der Waals surface area (Å²) in [6, 6.07) is 5.87. The molecule has 0 aliphatic heterocycles. The summed E-state index contributed by atoms with van der Waals surface area (Å²) in [7, 11) is 1.82. The molecule has 0 bridgehead atoms. The number of nitrogens with zero attached hydrogens (tertiary/aromatic N) is 3. The van der Waals surface area contributed by atoms with Crippen LogP contribution in [-0.4, -0.2) is 20.7 Å². The van der Waals surface area contributed by atoms with Crippen molar-refractivity contribution in [2.75, 3.05) is 5.32 Å². The van der Waals surface area contributed by atoms with Crippen LogP contribution in [0, 0.1) is 20.8 Å². The molecule has 0 radical (unpaired) electrons. The fourth-order valence-electron chi connectivity index (χ4n) is 2.11. The third-order valence-electron chi connectivity index (χ3n) is 3.65. The molecular formula is C15H16N4OS. The Labute approximate surface area is 126 Å². The van der Waals surface area contributed by atoms with Gasteiger partial charge in [0.15, 0.2) is 10.8 Å². The molecule has 2 heterocycles. The van der Waals surface area contributed by atoms with E-state index in [0.29, 0.717) is 10.8 Å². The van der Waals surface area contributed by atoms with Crippen molar-refractivity contribution in [3.8, 4) is 0 Å². The Kier molecular flexibility index (Phi) is 3.25. The zero-order valence-corrected chi connectivity index (χ0v) is 13.2. The van der Waals surface area contributed by atoms with Gasteiger partial charge in [-0.3, -0.25) is 14.8 Å².